The molecule has 1 rings (SSSR count). The number of aromatic amines is 1. The lowest BCUT2D eigenvalue weighted by molar-refractivity contribution is 0.592. The van der Waals surface area contributed by atoms with Gasteiger partial charge < -0.3 is 5.73 Å². The third kappa shape index (κ3) is 1.82. The third-order valence-electron chi connectivity index (χ3n) is 1.09. The van der Waals surface area contributed by atoms with Gasteiger partial charge in [0.25, 0.3) is 5.56 Å². The zero-order valence-electron chi connectivity index (χ0n) is 6.23. The number of nitrogens with zero attached hydrogens (tertiary/aromatic N) is 1. The summed E-state index contributed by atoms with van der Waals surface area (Å²) >= 11 is 0. The van der Waals surface area contributed by atoms with Crippen molar-refractivity contribution in [1.82, 2.24) is 9.97 Å². The van der Waals surface area contributed by atoms with Crippen LogP contribution in [-0.2, 0) is 9.84 Å². The highest BCUT2D eigenvalue weighted by molar-refractivity contribution is 7.90. The number of rotatable bonds is 1. The summed E-state index contributed by atoms with van der Waals surface area (Å²) in [6.45, 7) is 0. The van der Waals surface area contributed by atoms with E-state index in [-0.39, 0.29) is 5.82 Å². The van der Waals surface area contributed by atoms with E-state index in [1.807, 2.05) is 0 Å². The molecule has 0 unspecified atom stereocenters. The number of anilines is 1. The molecule has 1 aromatic heterocycles. The third-order valence-corrected chi connectivity index (χ3v) is 1.99. The first-order valence-electron chi connectivity index (χ1n) is 2.96. The molecule has 0 aliphatic carbocycles. The van der Waals surface area contributed by atoms with Gasteiger partial charge in [0, 0.05) is 12.3 Å². The molecular weight excluding hydrogens is 182 g/mol. The predicted molar refractivity (Wildman–Crippen MR) is 42.4 cm³/mol. The molecule has 66 valence electrons. The van der Waals surface area contributed by atoms with E-state index in [0.29, 0.717) is 0 Å². The van der Waals surface area contributed by atoms with Crippen molar-refractivity contribution in [2.45, 2.75) is 5.16 Å². The summed E-state index contributed by atoms with van der Waals surface area (Å²) in [7, 11) is -3.49. The van der Waals surface area contributed by atoms with Crippen molar-refractivity contribution in [2.24, 2.45) is 0 Å². The summed E-state index contributed by atoms with van der Waals surface area (Å²) in [6, 6.07) is 1.01. The smallest absolute Gasteiger partial charge is 0.253 e. The number of aromatic nitrogens is 2. The van der Waals surface area contributed by atoms with Crippen LogP contribution < -0.4 is 11.3 Å². The molecule has 1 heterocycles. The zero-order chi connectivity index (χ0) is 9.35. The zero-order valence-corrected chi connectivity index (χ0v) is 7.05. The first-order chi connectivity index (χ1) is 5.39. The first-order valence-corrected chi connectivity index (χ1v) is 4.85. The molecule has 0 amide bonds. The molecule has 0 aromatic carbocycles. The van der Waals surface area contributed by atoms with Crippen LogP contribution in [0.25, 0.3) is 0 Å². The van der Waals surface area contributed by atoms with Gasteiger partial charge in [0.2, 0.25) is 15.0 Å². The van der Waals surface area contributed by atoms with E-state index in [1.165, 1.54) is 0 Å². The molecule has 0 fully saturated rings. The molecule has 6 nitrogen and oxygen atoms in total. The van der Waals surface area contributed by atoms with Gasteiger partial charge >= 0.3 is 0 Å². The fourth-order valence-electron chi connectivity index (χ4n) is 0.629. The molecular formula is C5H7N3O3S. The summed E-state index contributed by atoms with van der Waals surface area (Å²) in [5.41, 5.74) is 4.58. The Morgan fingerprint density at radius 2 is 2.17 bits per heavy atom. The summed E-state index contributed by atoms with van der Waals surface area (Å²) in [5.74, 6) is -0.112. The Hall–Kier alpha value is -1.37. The monoisotopic (exact) mass is 189 g/mol. The van der Waals surface area contributed by atoms with Crippen LogP contribution in [0.2, 0.25) is 0 Å². The van der Waals surface area contributed by atoms with E-state index in [2.05, 4.69) is 9.97 Å². The van der Waals surface area contributed by atoms with Crippen LogP contribution in [0.5, 0.6) is 0 Å². The van der Waals surface area contributed by atoms with Gasteiger partial charge in [-0.2, -0.15) is 0 Å². The van der Waals surface area contributed by atoms with Crippen LogP contribution >= 0.6 is 0 Å². The second-order valence-electron chi connectivity index (χ2n) is 2.25. The van der Waals surface area contributed by atoms with E-state index in [4.69, 9.17) is 5.73 Å². The van der Waals surface area contributed by atoms with E-state index < -0.39 is 20.6 Å². The van der Waals surface area contributed by atoms with Crippen molar-refractivity contribution in [3.63, 3.8) is 0 Å². The van der Waals surface area contributed by atoms with Gasteiger partial charge in [0.15, 0.2) is 0 Å². The molecule has 0 atom stereocenters. The number of nitrogens with one attached hydrogen (secondary N) is 1. The number of nitrogen functional groups attached to an aromatic ring is 1. The van der Waals surface area contributed by atoms with Gasteiger partial charge in [-0.3, -0.25) is 9.78 Å². The second kappa shape index (κ2) is 2.59. The summed E-state index contributed by atoms with van der Waals surface area (Å²) < 4.78 is 21.7. The maximum Gasteiger partial charge on any atom is 0.253 e. The molecule has 0 radical (unpaired) electrons. The molecule has 1 aromatic rings. The van der Waals surface area contributed by atoms with Gasteiger partial charge in [0.1, 0.15) is 5.82 Å². The van der Waals surface area contributed by atoms with Crippen molar-refractivity contribution in [3.05, 3.63) is 16.4 Å². The second-order valence-corrected chi connectivity index (χ2v) is 4.18. The lowest BCUT2D eigenvalue weighted by Gasteiger charge is -1.96. The summed E-state index contributed by atoms with van der Waals surface area (Å²) in [4.78, 5) is 16.2. The molecule has 0 bridgehead atoms. The van der Waals surface area contributed by atoms with Crippen molar-refractivity contribution >= 4 is 15.7 Å². The van der Waals surface area contributed by atoms with E-state index in [1.54, 1.807) is 0 Å². The lowest BCUT2D eigenvalue weighted by Crippen LogP contribution is -2.15. The Kier molecular flexibility index (Phi) is 1.89. The lowest BCUT2D eigenvalue weighted by atomic mass is 10.6. The van der Waals surface area contributed by atoms with Crippen molar-refractivity contribution in [2.75, 3.05) is 12.0 Å². The topological polar surface area (TPSA) is 106 Å². The first kappa shape index (κ1) is 8.72. The molecule has 0 spiro atoms. The van der Waals surface area contributed by atoms with Crippen LogP contribution in [-0.4, -0.2) is 24.6 Å². The minimum absolute atomic E-state index is 0.112. The van der Waals surface area contributed by atoms with E-state index in [9.17, 15) is 13.2 Å². The van der Waals surface area contributed by atoms with Gasteiger partial charge in [-0.1, -0.05) is 0 Å². The minimum atomic E-state index is -3.49. The minimum Gasteiger partial charge on any atom is -0.383 e. The maximum atomic E-state index is 10.8. The van der Waals surface area contributed by atoms with E-state index >= 15 is 0 Å². The molecule has 12 heavy (non-hydrogen) atoms. The van der Waals surface area contributed by atoms with Gasteiger partial charge in [0.05, 0.1) is 0 Å². The molecule has 0 aliphatic rings. The van der Waals surface area contributed by atoms with Crippen LogP contribution in [0.15, 0.2) is 16.0 Å². The normalized spacial score (nSPS) is 11.4. The highest BCUT2D eigenvalue weighted by atomic mass is 32.2. The highest BCUT2D eigenvalue weighted by Crippen LogP contribution is 1.99. The van der Waals surface area contributed by atoms with Gasteiger partial charge in [-0.05, 0) is 0 Å². The standard InChI is InChI=1S/C5H7N3O3S/c1-12(10,11)5-7-3(6)2-4(9)8-5/h2H,1H3,(H3,6,7,8,9). The summed E-state index contributed by atoms with van der Waals surface area (Å²) in [6.07, 6.45) is 0.935. The Labute approximate surface area is 68.4 Å². The van der Waals surface area contributed by atoms with E-state index in [0.717, 1.165) is 12.3 Å². The van der Waals surface area contributed by atoms with Crippen molar-refractivity contribution in [3.8, 4) is 0 Å². The number of H-pyrrole nitrogens is 1. The number of hydrogen-bond donors (Lipinski definition) is 2. The molecule has 0 saturated heterocycles. The predicted octanol–water partition coefficient (Wildman–Crippen LogP) is -1.24. The number of sulfone groups is 1. The largest absolute Gasteiger partial charge is 0.383 e. The van der Waals surface area contributed by atoms with Gasteiger partial charge in [-0.25, -0.2) is 13.4 Å². The quantitative estimate of drug-likeness (QED) is 0.537. The van der Waals surface area contributed by atoms with Crippen LogP contribution in [0, 0.1) is 0 Å². The number of nitrogens with two attached hydrogens (primary N) is 1. The van der Waals surface area contributed by atoms with Crippen molar-refractivity contribution in [1.29, 1.82) is 0 Å². The molecule has 0 aliphatic heterocycles. The Bertz CT molecular complexity index is 447. The average Bonchev–Trinajstić information content (AvgIpc) is 1.82. The molecule has 0 saturated carbocycles. The maximum absolute atomic E-state index is 10.8. The fraction of sp³-hybridized carbons (Fsp3) is 0.200. The summed E-state index contributed by atoms with van der Waals surface area (Å²) in [5, 5.41) is -0.410. The SMILES string of the molecule is CS(=O)(=O)c1nc(N)cc(=O)[nH]1. The average molecular weight is 189 g/mol. The fourth-order valence-corrected chi connectivity index (χ4v) is 1.19. The Morgan fingerprint density at radius 1 is 1.58 bits per heavy atom. The van der Waals surface area contributed by atoms with Crippen LogP contribution in [0.1, 0.15) is 0 Å². The Morgan fingerprint density at radius 3 is 2.58 bits per heavy atom. The molecule has 3 N–H and O–H groups in total. The Balaban J connectivity index is 3.48. The van der Waals surface area contributed by atoms with Crippen molar-refractivity contribution < 1.29 is 8.42 Å². The van der Waals surface area contributed by atoms with Crippen LogP contribution in [0.3, 0.4) is 0 Å². The molecule has 7 heteroatoms. The number of hydrogen-bond acceptors (Lipinski definition) is 5. The van der Waals surface area contributed by atoms with Crippen LogP contribution in [0.4, 0.5) is 5.82 Å². The van der Waals surface area contributed by atoms with Gasteiger partial charge in [-0.15, -0.1) is 0 Å². The highest BCUT2D eigenvalue weighted by Gasteiger charge is 2.10.